The molecule has 0 radical (unpaired) electrons. The number of hydrogen-bond acceptors (Lipinski definition) is 2. The fourth-order valence-electron chi connectivity index (χ4n) is 1.68. The number of nitrogens with zero attached hydrogens (tertiary/aromatic N) is 1. The Morgan fingerprint density at radius 2 is 2.25 bits per heavy atom. The van der Waals surface area contributed by atoms with Crippen molar-refractivity contribution in [2.45, 2.75) is 27.2 Å². The first-order valence-electron chi connectivity index (χ1n) is 5.89. The summed E-state index contributed by atoms with van der Waals surface area (Å²) in [6, 6.07) is 6.26. The molecule has 0 aliphatic heterocycles. The molecule has 0 aliphatic carbocycles. The van der Waals surface area contributed by atoms with Gasteiger partial charge in [0, 0.05) is 12.2 Å². The van der Waals surface area contributed by atoms with Crippen molar-refractivity contribution in [1.82, 2.24) is 9.97 Å². The highest BCUT2D eigenvalue weighted by Gasteiger charge is 2.02. The van der Waals surface area contributed by atoms with Crippen molar-refractivity contribution in [2.75, 3.05) is 11.9 Å². The number of anilines is 1. The van der Waals surface area contributed by atoms with Crippen LogP contribution in [0.4, 0.5) is 5.69 Å². The summed E-state index contributed by atoms with van der Waals surface area (Å²) in [6.07, 6.45) is 1.21. The Morgan fingerprint density at radius 1 is 1.44 bits per heavy atom. The van der Waals surface area contributed by atoms with E-state index < -0.39 is 0 Å². The topological polar surface area (TPSA) is 40.7 Å². The lowest BCUT2D eigenvalue weighted by Gasteiger charge is -2.11. The number of rotatable bonds is 4. The molecular weight excluding hydrogens is 198 g/mol. The minimum absolute atomic E-state index is 0.708. The summed E-state index contributed by atoms with van der Waals surface area (Å²) in [5.41, 5.74) is 3.30. The summed E-state index contributed by atoms with van der Waals surface area (Å²) in [6.45, 7) is 7.47. The number of aryl methyl sites for hydroxylation is 1. The van der Waals surface area contributed by atoms with Crippen LogP contribution in [0.1, 0.15) is 26.1 Å². The van der Waals surface area contributed by atoms with Gasteiger partial charge in [-0.05, 0) is 31.0 Å². The van der Waals surface area contributed by atoms with E-state index in [1.807, 2.05) is 6.92 Å². The molecule has 0 saturated carbocycles. The Balaban J connectivity index is 2.13. The van der Waals surface area contributed by atoms with E-state index in [0.29, 0.717) is 5.92 Å². The van der Waals surface area contributed by atoms with Gasteiger partial charge in [0.15, 0.2) is 0 Å². The molecule has 1 unspecified atom stereocenters. The number of imidazole rings is 1. The lowest BCUT2D eigenvalue weighted by molar-refractivity contribution is 0.593. The molecule has 0 amide bonds. The summed E-state index contributed by atoms with van der Waals surface area (Å²) < 4.78 is 0. The van der Waals surface area contributed by atoms with E-state index in [1.54, 1.807) is 0 Å². The maximum atomic E-state index is 4.38. The molecule has 1 atom stereocenters. The third kappa shape index (κ3) is 2.35. The van der Waals surface area contributed by atoms with Crippen molar-refractivity contribution < 1.29 is 0 Å². The molecule has 0 spiro atoms. The van der Waals surface area contributed by atoms with Crippen LogP contribution in [0.2, 0.25) is 0 Å². The Labute approximate surface area is 96.3 Å². The van der Waals surface area contributed by atoms with Crippen LogP contribution >= 0.6 is 0 Å². The second-order valence-electron chi connectivity index (χ2n) is 4.45. The van der Waals surface area contributed by atoms with Gasteiger partial charge >= 0.3 is 0 Å². The zero-order chi connectivity index (χ0) is 11.5. The molecule has 0 fully saturated rings. The quantitative estimate of drug-likeness (QED) is 0.824. The molecule has 2 aromatic rings. The molecule has 2 N–H and O–H groups in total. The molecule has 3 heteroatoms. The molecule has 2 rings (SSSR count). The van der Waals surface area contributed by atoms with E-state index >= 15 is 0 Å². The minimum Gasteiger partial charge on any atom is -0.385 e. The number of hydrogen-bond donors (Lipinski definition) is 2. The van der Waals surface area contributed by atoms with E-state index in [1.165, 1.54) is 6.42 Å². The lowest BCUT2D eigenvalue weighted by Crippen LogP contribution is -2.09. The van der Waals surface area contributed by atoms with E-state index in [2.05, 4.69) is 47.3 Å². The van der Waals surface area contributed by atoms with Crippen LogP contribution in [0.15, 0.2) is 18.2 Å². The summed E-state index contributed by atoms with van der Waals surface area (Å²) >= 11 is 0. The predicted octanol–water partition coefficient (Wildman–Crippen LogP) is 3.33. The average Bonchev–Trinajstić information content (AvgIpc) is 2.65. The Hall–Kier alpha value is -1.51. The lowest BCUT2D eigenvalue weighted by atomic mass is 10.1. The largest absolute Gasteiger partial charge is 0.385 e. The number of benzene rings is 1. The SMILES string of the molecule is CCC(C)CNc1ccc2nc(C)[nH]c2c1. The second kappa shape index (κ2) is 4.56. The molecule has 3 nitrogen and oxygen atoms in total. The van der Waals surface area contributed by atoms with Gasteiger partial charge in [-0.25, -0.2) is 4.98 Å². The van der Waals surface area contributed by atoms with Crippen LogP contribution in [0.3, 0.4) is 0 Å². The average molecular weight is 217 g/mol. The van der Waals surface area contributed by atoms with Crippen molar-refractivity contribution in [3.8, 4) is 0 Å². The summed E-state index contributed by atoms with van der Waals surface area (Å²) in [5, 5.41) is 3.45. The van der Waals surface area contributed by atoms with Gasteiger partial charge in [-0.3, -0.25) is 0 Å². The molecule has 86 valence electrons. The molecule has 0 saturated heterocycles. The number of aromatic nitrogens is 2. The highest BCUT2D eigenvalue weighted by molar-refractivity contribution is 5.79. The number of nitrogens with one attached hydrogen (secondary N) is 2. The van der Waals surface area contributed by atoms with Crippen molar-refractivity contribution in [1.29, 1.82) is 0 Å². The summed E-state index contributed by atoms with van der Waals surface area (Å²) in [4.78, 5) is 7.63. The van der Waals surface area contributed by atoms with Gasteiger partial charge in [-0.1, -0.05) is 20.3 Å². The van der Waals surface area contributed by atoms with Crippen LogP contribution < -0.4 is 5.32 Å². The van der Waals surface area contributed by atoms with Gasteiger partial charge in [0.25, 0.3) is 0 Å². The second-order valence-corrected chi connectivity index (χ2v) is 4.45. The van der Waals surface area contributed by atoms with Crippen molar-refractivity contribution in [3.05, 3.63) is 24.0 Å². The van der Waals surface area contributed by atoms with Gasteiger partial charge in [-0.2, -0.15) is 0 Å². The molecule has 1 aromatic heterocycles. The van der Waals surface area contributed by atoms with Gasteiger partial charge < -0.3 is 10.3 Å². The fraction of sp³-hybridized carbons (Fsp3) is 0.462. The fourth-order valence-corrected chi connectivity index (χ4v) is 1.68. The first-order valence-corrected chi connectivity index (χ1v) is 5.89. The van der Waals surface area contributed by atoms with E-state index in [-0.39, 0.29) is 0 Å². The van der Waals surface area contributed by atoms with Crippen LogP contribution in [0.25, 0.3) is 11.0 Å². The highest BCUT2D eigenvalue weighted by Crippen LogP contribution is 2.17. The number of fused-ring (bicyclic) bond motifs is 1. The predicted molar refractivity (Wildman–Crippen MR) is 68.8 cm³/mol. The maximum absolute atomic E-state index is 4.38. The van der Waals surface area contributed by atoms with E-state index in [4.69, 9.17) is 0 Å². The molecule has 0 bridgehead atoms. The van der Waals surface area contributed by atoms with Crippen LogP contribution in [-0.4, -0.2) is 16.5 Å². The smallest absolute Gasteiger partial charge is 0.104 e. The number of aromatic amines is 1. The highest BCUT2D eigenvalue weighted by atomic mass is 14.9. The first kappa shape index (κ1) is 11.0. The van der Waals surface area contributed by atoms with Gasteiger partial charge in [-0.15, -0.1) is 0 Å². The Kier molecular flexibility index (Phi) is 3.13. The molecule has 16 heavy (non-hydrogen) atoms. The standard InChI is InChI=1S/C13H19N3/c1-4-9(2)8-14-11-5-6-12-13(7-11)16-10(3)15-12/h5-7,9,14H,4,8H2,1-3H3,(H,15,16). The first-order chi connectivity index (χ1) is 7.69. The van der Waals surface area contributed by atoms with Crippen LogP contribution in [0, 0.1) is 12.8 Å². The summed E-state index contributed by atoms with van der Waals surface area (Å²) in [7, 11) is 0. The normalized spacial score (nSPS) is 12.9. The zero-order valence-electron chi connectivity index (χ0n) is 10.2. The third-order valence-electron chi connectivity index (χ3n) is 2.95. The van der Waals surface area contributed by atoms with E-state index in [0.717, 1.165) is 29.1 Å². The van der Waals surface area contributed by atoms with Gasteiger partial charge in [0.1, 0.15) is 5.82 Å². The molecule has 1 aromatic carbocycles. The van der Waals surface area contributed by atoms with Crippen LogP contribution in [0.5, 0.6) is 0 Å². The third-order valence-corrected chi connectivity index (χ3v) is 2.95. The van der Waals surface area contributed by atoms with Crippen molar-refractivity contribution >= 4 is 16.7 Å². The van der Waals surface area contributed by atoms with Crippen molar-refractivity contribution in [3.63, 3.8) is 0 Å². The monoisotopic (exact) mass is 217 g/mol. The number of H-pyrrole nitrogens is 1. The minimum atomic E-state index is 0.708. The van der Waals surface area contributed by atoms with E-state index in [9.17, 15) is 0 Å². The van der Waals surface area contributed by atoms with Crippen molar-refractivity contribution in [2.24, 2.45) is 5.92 Å². The Bertz CT molecular complexity index is 473. The molecule has 1 heterocycles. The Morgan fingerprint density at radius 3 is 3.00 bits per heavy atom. The molecule has 0 aliphatic rings. The maximum Gasteiger partial charge on any atom is 0.104 e. The zero-order valence-corrected chi connectivity index (χ0v) is 10.2. The molecular formula is C13H19N3. The van der Waals surface area contributed by atoms with Crippen LogP contribution in [-0.2, 0) is 0 Å². The van der Waals surface area contributed by atoms with Gasteiger partial charge in [0.05, 0.1) is 11.0 Å². The van der Waals surface area contributed by atoms with Gasteiger partial charge in [0.2, 0.25) is 0 Å². The summed E-state index contributed by atoms with van der Waals surface area (Å²) in [5.74, 6) is 1.67.